The largest absolute Gasteiger partial charge is 0.497 e. The Kier molecular flexibility index (Phi) is 5.52. The summed E-state index contributed by atoms with van der Waals surface area (Å²) in [5.41, 5.74) is 2.67. The molecular formula is C24H24N6O3. The quantitative estimate of drug-likeness (QED) is 0.468. The second-order valence-electron chi connectivity index (χ2n) is 7.86. The molecule has 0 radical (unpaired) electrons. The SMILES string of the molecule is COc1ccc(N2CCN(C(=O)Cn3nc4ccc(-c5ccccc5)nn4c3=O)CC2)cc1. The lowest BCUT2D eigenvalue weighted by Gasteiger charge is -2.36. The molecular weight excluding hydrogens is 420 g/mol. The van der Waals surface area contributed by atoms with Crippen LogP contribution in [0.15, 0.2) is 71.5 Å². The van der Waals surface area contributed by atoms with Gasteiger partial charge in [-0.2, -0.15) is 9.61 Å². The van der Waals surface area contributed by atoms with E-state index in [1.165, 1.54) is 9.20 Å². The number of hydrogen-bond acceptors (Lipinski definition) is 6. The van der Waals surface area contributed by atoms with Crippen molar-refractivity contribution in [1.82, 2.24) is 24.3 Å². The zero-order valence-corrected chi connectivity index (χ0v) is 18.3. The third-order valence-corrected chi connectivity index (χ3v) is 5.86. The number of benzene rings is 2. The minimum Gasteiger partial charge on any atom is -0.497 e. The summed E-state index contributed by atoms with van der Waals surface area (Å²) in [6, 6.07) is 21.1. The van der Waals surface area contributed by atoms with Crippen LogP contribution in [-0.4, -0.2) is 63.5 Å². The number of rotatable bonds is 5. The van der Waals surface area contributed by atoms with Crippen LogP contribution >= 0.6 is 0 Å². The van der Waals surface area contributed by atoms with Gasteiger partial charge in [0.05, 0.1) is 12.8 Å². The Morgan fingerprint density at radius 2 is 1.64 bits per heavy atom. The lowest BCUT2D eigenvalue weighted by Crippen LogP contribution is -2.50. The predicted octanol–water partition coefficient (Wildman–Crippen LogP) is 1.92. The number of carbonyl (C=O) groups excluding carboxylic acids is 1. The van der Waals surface area contributed by atoms with Crippen LogP contribution in [0.5, 0.6) is 5.75 Å². The van der Waals surface area contributed by atoms with E-state index in [4.69, 9.17) is 4.74 Å². The fourth-order valence-corrected chi connectivity index (χ4v) is 4.01. The lowest BCUT2D eigenvalue weighted by atomic mass is 10.1. The summed E-state index contributed by atoms with van der Waals surface area (Å²) in [6.07, 6.45) is 0. The van der Waals surface area contributed by atoms with E-state index in [0.717, 1.165) is 30.1 Å². The maximum absolute atomic E-state index is 12.9. The number of ether oxygens (including phenoxy) is 1. The van der Waals surface area contributed by atoms with Gasteiger partial charge in [0.1, 0.15) is 12.3 Å². The van der Waals surface area contributed by atoms with Crippen molar-refractivity contribution in [2.45, 2.75) is 6.54 Å². The van der Waals surface area contributed by atoms with E-state index >= 15 is 0 Å². The Morgan fingerprint density at radius 3 is 2.33 bits per heavy atom. The topological polar surface area (TPSA) is 85.0 Å². The fourth-order valence-electron chi connectivity index (χ4n) is 4.01. The monoisotopic (exact) mass is 444 g/mol. The standard InChI is InChI=1S/C24H24N6O3/c1-33-20-9-7-19(8-10-20)27-13-15-28(16-14-27)23(31)17-29-24(32)30-22(26-29)12-11-21(25-30)18-5-3-2-4-6-18/h2-12H,13-17H2,1H3. The average molecular weight is 444 g/mol. The summed E-state index contributed by atoms with van der Waals surface area (Å²) in [7, 11) is 1.64. The van der Waals surface area contributed by atoms with Gasteiger partial charge in [-0.25, -0.2) is 9.48 Å². The molecule has 1 fully saturated rings. The normalized spacial score (nSPS) is 14.0. The maximum atomic E-state index is 12.9. The van der Waals surface area contributed by atoms with Gasteiger partial charge in [0.25, 0.3) is 0 Å². The molecule has 0 atom stereocenters. The molecule has 0 N–H and O–H groups in total. The Hall–Kier alpha value is -4.14. The van der Waals surface area contributed by atoms with Crippen LogP contribution in [0.3, 0.4) is 0 Å². The van der Waals surface area contributed by atoms with Crippen molar-refractivity contribution >= 4 is 17.2 Å². The van der Waals surface area contributed by atoms with Crippen molar-refractivity contribution in [3.63, 3.8) is 0 Å². The first-order valence-corrected chi connectivity index (χ1v) is 10.8. The van der Waals surface area contributed by atoms with Crippen LogP contribution in [0.4, 0.5) is 5.69 Å². The fraction of sp³-hybridized carbons (Fsp3) is 0.250. The summed E-state index contributed by atoms with van der Waals surface area (Å²) in [5, 5.41) is 8.72. The maximum Gasteiger partial charge on any atom is 0.367 e. The van der Waals surface area contributed by atoms with Gasteiger partial charge in [0, 0.05) is 37.4 Å². The van der Waals surface area contributed by atoms with Gasteiger partial charge >= 0.3 is 5.69 Å². The molecule has 9 nitrogen and oxygen atoms in total. The number of piperazine rings is 1. The number of aromatic nitrogens is 4. The van der Waals surface area contributed by atoms with Crippen molar-refractivity contribution in [1.29, 1.82) is 0 Å². The molecule has 1 saturated heterocycles. The first-order chi connectivity index (χ1) is 16.1. The van der Waals surface area contributed by atoms with Crippen molar-refractivity contribution in [3.8, 4) is 17.0 Å². The van der Waals surface area contributed by atoms with Gasteiger partial charge < -0.3 is 14.5 Å². The minimum absolute atomic E-state index is 0.106. The lowest BCUT2D eigenvalue weighted by molar-refractivity contribution is -0.132. The van der Waals surface area contributed by atoms with Crippen LogP contribution in [0.25, 0.3) is 16.9 Å². The molecule has 4 aromatic rings. The molecule has 0 aliphatic carbocycles. The second kappa shape index (κ2) is 8.78. The molecule has 0 unspecified atom stereocenters. The van der Waals surface area contributed by atoms with Gasteiger partial charge in [-0.3, -0.25) is 4.79 Å². The number of hydrogen-bond donors (Lipinski definition) is 0. The summed E-state index contributed by atoms with van der Waals surface area (Å²) >= 11 is 0. The highest BCUT2D eigenvalue weighted by atomic mass is 16.5. The molecule has 2 aromatic heterocycles. The molecule has 9 heteroatoms. The van der Waals surface area contributed by atoms with E-state index in [1.54, 1.807) is 18.1 Å². The first-order valence-electron chi connectivity index (χ1n) is 10.8. The van der Waals surface area contributed by atoms with Gasteiger partial charge in [0.2, 0.25) is 5.91 Å². The molecule has 0 spiro atoms. The number of methoxy groups -OCH3 is 1. The third-order valence-electron chi connectivity index (χ3n) is 5.86. The number of amides is 1. The average Bonchev–Trinajstić information content (AvgIpc) is 3.19. The number of nitrogens with zero attached hydrogens (tertiary/aromatic N) is 6. The number of carbonyl (C=O) groups is 1. The highest BCUT2D eigenvalue weighted by molar-refractivity contribution is 5.76. The van der Waals surface area contributed by atoms with Gasteiger partial charge in [-0.05, 0) is 36.4 Å². The van der Waals surface area contributed by atoms with Crippen molar-refractivity contribution in [3.05, 3.63) is 77.2 Å². The third kappa shape index (κ3) is 4.17. The molecule has 5 rings (SSSR count). The zero-order valence-electron chi connectivity index (χ0n) is 18.3. The second-order valence-corrected chi connectivity index (χ2v) is 7.86. The Balaban J connectivity index is 1.26. The van der Waals surface area contributed by atoms with E-state index in [2.05, 4.69) is 15.1 Å². The Labute approximate surface area is 190 Å². The van der Waals surface area contributed by atoms with Crippen molar-refractivity contribution in [2.75, 3.05) is 38.2 Å². The van der Waals surface area contributed by atoms with Gasteiger partial charge in [-0.15, -0.1) is 5.10 Å². The summed E-state index contributed by atoms with van der Waals surface area (Å²) in [5.74, 6) is 0.689. The van der Waals surface area contributed by atoms with E-state index in [-0.39, 0.29) is 12.5 Å². The Morgan fingerprint density at radius 1 is 0.909 bits per heavy atom. The number of fused-ring (bicyclic) bond motifs is 1. The van der Waals surface area contributed by atoms with Crippen LogP contribution in [0.1, 0.15) is 0 Å². The van der Waals surface area contributed by atoms with E-state index < -0.39 is 5.69 Å². The minimum atomic E-state index is -0.423. The molecule has 33 heavy (non-hydrogen) atoms. The molecule has 2 aromatic carbocycles. The van der Waals surface area contributed by atoms with E-state index in [0.29, 0.717) is 24.4 Å². The summed E-state index contributed by atoms with van der Waals surface area (Å²) in [4.78, 5) is 29.7. The molecule has 0 bridgehead atoms. The highest BCUT2D eigenvalue weighted by Crippen LogP contribution is 2.20. The molecule has 3 heterocycles. The smallest absolute Gasteiger partial charge is 0.367 e. The van der Waals surface area contributed by atoms with Crippen LogP contribution in [0, 0.1) is 0 Å². The van der Waals surface area contributed by atoms with Crippen LogP contribution < -0.4 is 15.3 Å². The molecule has 0 saturated carbocycles. The van der Waals surface area contributed by atoms with Crippen molar-refractivity contribution in [2.24, 2.45) is 0 Å². The Bertz CT molecular complexity index is 1320. The van der Waals surface area contributed by atoms with Crippen LogP contribution in [-0.2, 0) is 11.3 Å². The van der Waals surface area contributed by atoms with Crippen molar-refractivity contribution < 1.29 is 9.53 Å². The van der Waals surface area contributed by atoms with Crippen LogP contribution in [0.2, 0.25) is 0 Å². The van der Waals surface area contributed by atoms with E-state index in [1.807, 2.05) is 60.7 Å². The van der Waals surface area contributed by atoms with Gasteiger partial charge in [0.15, 0.2) is 5.65 Å². The molecule has 1 aliphatic heterocycles. The summed E-state index contributed by atoms with van der Waals surface area (Å²) < 4.78 is 7.65. The first kappa shape index (κ1) is 20.7. The zero-order chi connectivity index (χ0) is 22.8. The highest BCUT2D eigenvalue weighted by Gasteiger charge is 2.23. The van der Waals surface area contributed by atoms with Gasteiger partial charge in [-0.1, -0.05) is 30.3 Å². The van der Waals surface area contributed by atoms with E-state index in [9.17, 15) is 9.59 Å². The summed E-state index contributed by atoms with van der Waals surface area (Å²) in [6.45, 7) is 2.51. The molecule has 1 amide bonds. The number of anilines is 1. The molecule has 168 valence electrons. The predicted molar refractivity (Wildman–Crippen MR) is 124 cm³/mol. The molecule has 1 aliphatic rings.